The minimum atomic E-state index is -0.809. The van der Waals surface area contributed by atoms with Gasteiger partial charge in [-0.15, -0.1) is 11.6 Å². The van der Waals surface area contributed by atoms with E-state index in [1.165, 1.54) is 11.3 Å². The average Bonchev–Trinajstić information content (AvgIpc) is 2.77. The number of aromatic nitrogens is 1. The molecule has 1 heterocycles. The van der Waals surface area contributed by atoms with Crippen molar-refractivity contribution in [2.45, 2.75) is 70.4 Å². The first-order valence-electron chi connectivity index (χ1n) is 11.0. The van der Waals surface area contributed by atoms with Crippen LogP contribution in [0.15, 0.2) is 48.8 Å². The highest BCUT2D eigenvalue weighted by Crippen LogP contribution is 2.31. The van der Waals surface area contributed by atoms with Gasteiger partial charge in [-0.25, -0.2) is 0 Å². The SMILES string of the molecule is CC(C)(C)c1ccc(N(C(=O)CCl)C(C(=O)NC2CCCCC2)c2ccncc2)cc1. The molecule has 6 heteroatoms. The van der Waals surface area contributed by atoms with Crippen LogP contribution in [-0.2, 0) is 15.0 Å². The predicted molar refractivity (Wildman–Crippen MR) is 125 cm³/mol. The Balaban J connectivity index is 1.99. The van der Waals surface area contributed by atoms with Crippen molar-refractivity contribution < 1.29 is 9.59 Å². The largest absolute Gasteiger partial charge is 0.351 e. The van der Waals surface area contributed by atoms with E-state index in [-0.39, 0.29) is 29.2 Å². The van der Waals surface area contributed by atoms with Crippen molar-refractivity contribution in [2.24, 2.45) is 0 Å². The van der Waals surface area contributed by atoms with Gasteiger partial charge in [0.1, 0.15) is 11.9 Å². The van der Waals surface area contributed by atoms with Gasteiger partial charge >= 0.3 is 0 Å². The number of hydrogen-bond donors (Lipinski definition) is 1. The maximum absolute atomic E-state index is 13.5. The van der Waals surface area contributed by atoms with E-state index in [2.05, 4.69) is 31.1 Å². The summed E-state index contributed by atoms with van der Waals surface area (Å²) in [5.41, 5.74) is 2.51. The molecule has 1 aliphatic carbocycles. The van der Waals surface area contributed by atoms with Crippen molar-refractivity contribution in [3.63, 3.8) is 0 Å². The van der Waals surface area contributed by atoms with Crippen LogP contribution in [0.4, 0.5) is 5.69 Å². The fourth-order valence-electron chi connectivity index (χ4n) is 4.11. The minimum Gasteiger partial charge on any atom is -0.351 e. The first-order valence-corrected chi connectivity index (χ1v) is 11.5. The van der Waals surface area contributed by atoms with E-state index in [1.54, 1.807) is 24.5 Å². The number of carbonyl (C=O) groups is 2. The molecule has 3 rings (SSSR count). The summed E-state index contributed by atoms with van der Waals surface area (Å²) in [5.74, 6) is -0.707. The van der Waals surface area contributed by atoms with Crippen LogP contribution in [0.3, 0.4) is 0 Å². The van der Waals surface area contributed by atoms with E-state index in [4.69, 9.17) is 11.6 Å². The third-order valence-electron chi connectivity index (χ3n) is 5.87. The molecule has 2 aromatic rings. The molecule has 31 heavy (non-hydrogen) atoms. The normalized spacial score (nSPS) is 15.9. The molecular weight excluding hydrogens is 410 g/mol. The summed E-state index contributed by atoms with van der Waals surface area (Å²) in [6.45, 7) is 6.42. The van der Waals surface area contributed by atoms with Crippen molar-refractivity contribution in [3.8, 4) is 0 Å². The Morgan fingerprint density at radius 3 is 2.23 bits per heavy atom. The predicted octanol–water partition coefficient (Wildman–Crippen LogP) is 5.14. The highest BCUT2D eigenvalue weighted by atomic mass is 35.5. The third kappa shape index (κ3) is 5.85. The first kappa shape index (κ1) is 23.3. The Bertz CT molecular complexity index is 872. The number of anilines is 1. The van der Waals surface area contributed by atoms with Gasteiger partial charge in [-0.2, -0.15) is 0 Å². The number of amides is 2. The molecule has 0 aliphatic heterocycles. The zero-order valence-corrected chi connectivity index (χ0v) is 19.4. The summed E-state index contributed by atoms with van der Waals surface area (Å²) in [7, 11) is 0. The lowest BCUT2D eigenvalue weighted by Gasteiger charge is -2.33. The summed E-state index contributed by atoms with van der Waals surface area (Å²) in [6.07, 6.45) is 8.66. The zero-order chi connectivity index (χ0) is 22.4. The Morgan fingerprint density at radius 2 is 1.68 bits per heavy atom. The van der Waals surface area contributed by atoms with E-state index < -0.39 is 6.04 Å². The second-order valence-electron chi connectivity index (χ2n) is 9.22. The second-order valence-corrected chi connectivity index (χ2v) is 9.49. The van der Waals surface area contributed by atoms with Crippen molar-refractivity contribution in [1.29, 1.82) is 0 Å². The molecule has 2 amide bonds. The molecule has 1 aliphatic rings. The summed E-state index contributed by atoms with van der Waals surface area (Å²) in [5, 5.41) is 3.19. The molecule has 1 fully saturated rings. The number of halogens is 1. The standard InChI is InChI=1S/C25H32ClN3O2/c1-25(2,3)19-9-11-21(12-10-19)29(22(30)17-26)23(18-13-15-27-16-14-18)24(31)28-20-7-5-4-6-8-20/h9-16,20,23H,4-8,17H2,1-3H3,(H,28,31). The molecule has 1 aromatic heterocycles. The van der Waals surface area contributed by atoms with Gasteiger partial charge in [0, 0.05) is 24.1 Å². The molecule has 5 nitrogen and oxygen atoms in total. The molecule has 1 aromatic carbocycles. The number of hydrogen-bond acceptors (Lipinski definition) is 3. The van der Waals surface area contributed by atoms with Gasteiger partial charge in [-0.05, 0) is 53.6 Å². The molecule has 1 saturated carbocycles. The average molecular weight is 442 g/mol. The van der Waals surface area contributed by atoms with Gasteiger partial charge in [-0.1, -0.05) is 52.2 Å². The molecule has 0 radical (unpaired) electrons. The topological polar surface area (TPSA) is 62.3 Å². The maximum Gasteiger partial charge on any atom is 0.248 e. The summed E-state index contributed by atoms with van der Waals surface area (Å²) in [4.78, 5) is 32.1. The number of nitrogens with zero attached hydrogens (tertiary/aromatic N) is 2. The Hall–Kier alpha value is -2.40. The van der Waals surface area contributed by atoms with Gasteiger partial charge in [0.05, 0.1) is 0 Å². The monoisotopic (exact) mass is 441 g/mol. The van der Waals surface area contributed by atoms with Crippen LogP contribution in [0.1, 0.15) is 70.0 Å². The fourth-order valence-corrected chi connectivity index (χ4v) is 4.24. The lowest BCUT2D eigenvalue weighted by atomic mass is 9.87. The molecule has 1 atom stereocenters. The zero-order valence-electron chi connectivity index (χ0n) is 18.6. The minimum absolute atomic E-state index is 0.0112. The number of rotatable bonds is 6. The van der Waals surface area contributed by atoms with Crippen LogP contribution in [0, 0.1) is 0 Å². The number of pyridine rings is 1. The van der Waals surface area contributed by atoms with Crippen LogP contribution >= 0.6 is 11.6 Å². The highest BCUT2D eigenvalue weighted by Gasteiger charge is 2.33. The van der Waals surface area contributed by atoms with E-state index in [0.29, 0.717) is 11.3 Å². The van der Waals surface area contributed by atoms with E-state index in [0.717, 1.165) is 31.2 Å². The highest BCUT2D eigenvalue weighted by molar-refractivity contribution is 6.29. The maximum atomic E-state index is 13.5. The van der Waals surface area contributed by atoms with Crippen LogP contribution < -0.4 is 10.2 Å². The van der Waals surface area contributed by atoms with Gasteiger partial charge in [0.25, 0.3) is 0 Å². The summed E-state index contributed by atoms with van der Waals surface area (Å²) in [6, 6.07) is 10.7. The van der Waals surface area contributed by atoms with Crippen molar-refractivity contribution in [1.82, 2.24) is 10.3 Å². The van der Waals surface area contributed by atoms with E-state index >= 15 is 0 Å². The number of alkyl halides is 1. The number of benzene rings is 1. The Morgan fingerprint density at radius 1 is 1.06 bits per heavy atom. The van der Waals surface area contributed by atoms with Gasteiger partial charge in [0.2, 0.25) is 11.8 Å². The van der Waals surface area contributed by atoms with Gasteiger partial charge in [0.15, 0.2) is 0 Å². The Labute approximate surface area is 190 Å². The summed E-state index contributed by atoms with van der Waals surface area (Å²) >= 11 is 5.99. The lowest BCUT2D eigenvalue weighted by molar-refractivity contribution is -0.126. The smallest absolute Gasteiger partial charge is 0.248 e. The molecule has 1 unspecified atom stereocenters. The quantitative estimate of drug-likeness (QED) is 0.631. The molecule has 166 valence electrons. The van der Waals surface area contributed by atoms with Gasteiger partial charge in [-0.3, -0.25) is 19.5 Å². The lowest BCUT2D eigenvalue weighted by Crippen LogP contribution is -2.47. The van der Waals surface area contributed by atoms with E-state index in [1.807, 2.05) is 24.3 Å². The molecule has 0 saturated heterocycles. The summed E-state index contributed by atoms with van der Waals surface area (Å²) < 4.78 is 0. The van der Waals surface area contributed by atoms with Crippen LogP contribution in [0.2, 0.25) is 0 Å². The molecular formula is C25H32ClN3O2. The van der Waals surface area contributed by atoms with Crippen molar-refractivity contribution in [3.05, 3.63) is 59.9 Å². The first-order chi connectivity index (χ1) is 14.8. The molecule has 0 spiro atoms. The van der Waals surface area contributed by atoms with Crippen LogP contribution in [-0.4, -0.2) is 28.7 Å². The number of nitrogens with one attached hydrogen (secondary N) is 1. The third-order valence-corrected chi connectivity index (χ3v) is 6.10. The number of carbonyl (C=O) groups excluding carboxylic acids is 2. The van der Waals surface area contributed by atoms with E-state index in [9.17, 15) is 9.59 Å². The molecule has 0 bridgehead atoms. The second kappa shape index (κ2) is 10.3. The van der Waals surface area contributed by atoms with Gasteiger partial charge < -0.3 is 5.32 Å². The fraction of sp³-hybridized carbons (Fsp3) is 0.480. The van der Waals surface area contributed by atoms with Crippen LogP contribution in [0.5, 0.6) is 0 Å². The van der Waals surface area contributed by atoms with Crippen molar-refractivity contribution in [2.75, 3.05) is 10.8 Å². The molecule has 1 N–H and O–H groups in total. The van der Waals surface area contributed by atoms with Crippen LogP contribution in [0.25, 0.3) is 0 Å². The Kier molecular flexibility index (Phi) is 7.71. The van der Waals surface area contributed by atoms with Crippen molar-refractivity contribution >= 4 is 29.1 Å².